The number of nitrogens with zero attached hydrogens (tertiary/aromatic N) is 1. The van der Waals surface area contributed by atoms with Crippen LogP contribution in [-0.2, 0) is 27.3 Å². The summed E-state index contributed by atoms with van der Waals surface area (Å²) in [6.45, 7) is 10.4. The number of amides is 3. The molecule has 0 aromatic heterocycles. The molecule has 0 spiro atoms. The molecule has 2 rings (SSSR count). The fraction of sp³-hybridized carbons (Fsp3) is 0.571. The topological polar surface area (TPSA) is 87.7 Å². The highest BCUT2D eigenvalue weighted by molar-refractivity contribution is 7.98. The Balaban J connectivity index is 2.45. The van der Waals surface area contributed by atoms with Crippen LogP contribution in [0.4, 0.5) is 4.79 Å². The van der Waals surface area contributed by atoms with Crippen LogP contribution in [0.2, 0.25) is 0 Å². The highest BCUT2D eigenvalue weighted by Gasteiger charge is 2.36. The Morgan fingerprint density at radius 1 is 0.884 bits per heavy atom. The number of ether oxygens (including phenoxy) is 1. The van der Waals surface area contributed by atoms with Gasteiger partial charge < -0.3 is 20.3 Å². The lowest BCUT2D eigenvalue weighted by Gasteiger charge is -2.34. The van der Waals surface area contributed by atoms with Crippen molar-refractivity contribution in [2.75, 3.05) is 18.6 Å². The summed E-state index contributed by atoms with van der Waals surface area (Å²) >= 11 is 1.61. The quantitative estimate of drug-likeness (QED) is 0.171. The van der Waals surface area contributed by atoms with E-state index in [0.29, 0.717) is 25.3 Å². The van der Waals surface area contributed by atoms with Gasteiger partial charge in [0.15, 0.2) is 0 Å². The molecule has 7 nitrogen and oxygen atoms in total. The molecule has 2 atom stereocenters. The van der Waals surface area contributed by atoms with Gasteiger partial charge in [-0.2, -0.15) is 11.8 Å². The molecular formula is C35H53N3O4S. The minimum Gasteiger partial charge on any atom is -0.444 e. The number of rotatable bonds is 18. The van der Waals surface area contributed by atoms with Crippen molar-refractivity contribution >= 4 is 29.7 Å². The zero-order chi connectivity index (χ0) is 31.7. The number of alkyl carbamates (subject to hydrolysis) is 1. The molecule has 0 aliphatic carbocycles. The van der Waals surface area contributed by atoms with E-state index in [4.69, 9.17) is 4.74 Å². The molecule has 3 amide bonds. The average molecular weight is 612 g/mol. The first-order chi connectivity index (χ1) is 20.6. The standard InChI is InChI=1S/C35H53N3O4S/c1-7-9-10-11-12-16-24-38(33(40)30(23-25-43-6)37-34(41)42-35(3,4)5)31(29-21-19-27(8-2)20-22-29)32(39)36-26-28-17-14-13-15-18-28/h13-15,17-22,30-31H,7-12,16,23-26H2,1-6H3,(H,36,39)(H,37,41). The van der Waals surface area contributed by atoms with Crippen LogP contribution < -0.4 is 10.6 Å². The number of unbranched alkanes of at least 4 members (excludes halogenated alkanes) is 5. The van der Waals surface area contributed by atoms with Gasteiger partial charge in [-0.1, -0.05) is 101 Å². The van der Waals surface area contributed by atoms with Gasteiger partial charge in [0.2, 0.25) is 11.8 Å². The Morgan fingerprint density at radius 2 is 1.53 bits per heavy atom. The number of hydrogen-bond acceptors (Lipinski definition) is 5. The van der Waals surface area contributed by atoms with Crippen molar-refractivity contribution in [2.24, 2.45) is 0 Å². The molecule has 2 aromatic carbocycles. The van der Waals surface area contributed by atoms with Crippen LogP contribution in [0.5, 0.6) is 0 Å². The van der Waals surface area contributed by atoms with Crippen molar-refractivity contribution < 1.29 is 19.1 Å². The van der Waals surface area contributed by atoms with E-state index in [9.17, 15) is 14.4 Å². The first-order valence-electron chi connectivity index (χ1n) is 15.8. The van der Waals surface area contributed by atoms with E-state index in [1.807, 2.05) is 60.9 Å². The van der Waals surface area contributed by atoms with Crippen LogP contribution in [0.3, 0.4) is 0 Å². The summed E-state index contributed by atoms with van der Waals surface area (Å²) in [6, 6.07) is 16.0. The van der Waals surface area contributed by atoms with Crippen LogP contribution in [0.25, 0.3) is 0 Å². The largest absolute Gasteiger partial charge is 0.444 e. The molecule has 0 saturated carbocycles. The van der Waals surface area contributed by atoms with Crippen molar-refractivity contribution in [3.8, 4) is 0 Å². The van der Waals surface area contributed by atoms with E-state index in [-0.39, 0.29) is 11.8 Å². The lowest BCUT2D eigenvalue weighted by Crippen LogP contribution is -2.53. The second kappa shape index (κ2) is 19.3. The summed E-state index contributed by atoms with van der Waals surface area (Å²) < 4.78 is 5.51. The molecule has 2 unspecified atom stereocenters. The first kappa shape index (κ1) is 36.2. The smallest absolute Gasteiger partial charge is 0.408 e. The number of nitrogens with one attached hydrogen (secondary N) is 2. The van der Waals surface area contributed by atoms with E-state index in [1.165, 1.54) is 6.42 Å². The maximum Gasteiger partial charge on any atom is 0.408 e. The van der Waals surface area contributed by atoms with Crippen molar-refractivity contribution in [3.05, 3.63) is 71.3 Å². The molecule has 0 fully saturated rings. The first-order valence-corrected chi connectivity index (χ1v) is 17.2. The van der Waals surface area contributed by atoms with E-state index < -0.39 is 23.8 Å². The highest BCUT2D eigenvalue weighted by atomic mass is 32.2. The number of benzene rings is 2. The van der Waals surface area contributed by atoms with E-state index >= 15 is 0 Å². The van der Waals surface area contributed by atoms with E-state index in [2.05, 4.69) is 24.5 Å². The third kappa shape index (κ3) is 13.5. The van der Waals surface area contributed by atoms with Crippen LogP contribution in [0.1, 0.15) is 102 Å². The van der Waals surface area contributed by atoms with Gasteiger partial charge in [0, 0.05) is 13.1 Å². The average Bonchev–Trinajstić information content (AvgIpc) is 2.98. The van der Waals surface area contributed by atoms with Crippen molar-refractivity contribution in [1.82, 2.24) is 15.5 Å². The molecule has 238 valence electrons. The fourth-order valence-corrected chi connectivity index (χ4v) is 5.33. The van der Waals surface area contributed by atoms with Gasteiger partial charge in [-0.25, -0.2) is 4.79 Å². The molecule has 0 saturated heterocycles. The number of aryl methyl sites for hydroxylation is 1. The van der Waals surface area contributed by atoms with Crippen LogP contribution in [0, 0.1) is 0 Å². The summed E-state index contributed by atoms with van der Waals surface area (Å²) in [4.78, 5) is 42.9. The number of carbonyl (C=O) groups is 3. The monoisotopic (exact) mass is 611 g/mol. The summed E-state index contributed by atoms with van der Waals surface area (Å²) in [5.74, 6) is 0.161. The molecule has 43 heavy (non-hydrogen) atoms. The molecule has 0 radical (unpaired) electrons. The predicted molar refractivity (Wildman–Crippen MR) is 178 cm³/mol. The maximum absolute atomic E-state index is 14.4. The Labute approximate surface area is 263 Å². The molecule has 0 aliphatic heterocycles. The lowest BCUT2D eigenvalue weighted by molar-refractivity contribution is -0.142. The van der Waals surface area contributed by atoms with Crippen molar-refractivity contribution in [1.29, 1.82) is 0 Å². The van der Waals surface area contributed by atoms with Crippen LogP contribution in [0.15, 0.2) is 54.6 Å². The molecule has 0 aliphatic rings. The van der Waals surface area contributed by atoms with Crippen molar-refractivity contribution in [2.45, 2.75) is 110 Å². The lowest BCUT2D eigenvalue weighted by atomic mass is 9.99. The summed E-state index contributed by atoms with van der Waals surface area (Å²) in [6.07, 6.45) is 8.96. The third-order valence-corrected chi connectivity index (χ3v) is 7.85. The van der Waals surface area contributed by atoms with Crippen molar-refractivity contribution in [3.63, 3.8) is 0 Å². The van der Waals surface area contributed by atoms with Gasteiger partial charge in [-0.3, -0.25) is 9.59 Å². The molecule has 2 aromatic rings. The zero-order valence-corrected chi connectivity index (χ0v) is 27.9. The third-order valence-electron chi connectivity index (χ3n) is 7.21. The van der Waals surface area contributed by atoms with Crippen LogP contribution in [-0.4, -0.2) is 53.0 Å². The molecule has 8 heteroatoms. The van der Waals surface area contributed by atoms with Gasteiger partial charge in [0.1, 0.15) is 17.7 Å². The molecule has 0 heterocycles. The van der Waals surface area contributed by atoms with Gasteiger partial charge >= 0.3 is 6.09 Å². The summed E-state index contributed by atoms with van der Waals surface area (Å²) in [5, 5.41) is 5.92. The van der Waals surface area contributed by atoms with Gasteiger partial charge in [-0.15, -0.1) is 0 Å². The highest BCUT2D eigenvalue weighted by Crippen LogP contribution is 2.25. The minimum absolute atomic E-state index is 0.242. The number of thioether (sulfide) groups is 1. The fourth-order valence-electron chi connectivity index (χ4n) is 4.86. The molecule has 2 N–H and O–H groups in total. The van der Waals surface area contributed by atoms with Gasteiger partial charge in [0.05, 0.1) is 0 Å². The van der Waals surface area contributed by atoms with Crippen LogP contribution >= 0.6 is 11.8 Å². The Kier molecular flexibility index (Phi) is 16.3. The second-order valence-electron chi connectivity index (χ2n) is 12.0. The Bertz CT molecular complexity index is 1100. The normalized spacial score (nSPS) is 12.7. The number of hydrogen-bond donors (Lipinski definition) is 2. The van der Waals surface area contributed by atoms with Gasteiger partial charge in [-0.05, 0) is 68.7 Å². The van der Waals surface area contributed by atoms with E-state index in [0.717, 1.165) is 55.2 Å². The second-order valence-corrected chi connectivity index (χ2v) is 13.0. The number of carbonyl (C=O) groups excluding carboxylic acids is 3. The summed E-state index contributed by atoms with van der Waals surface area (Å²) in [7, 11) is 0. The zero-order valence-electron chi connectivity index (χ0n) is 27.1. The summed E-state index contributed by atoms with van der Waals surface area (Å²) in [5.41, 5.74) is 2.19. The SMILES string of the molecule is CCCCCCCCN(C(=O)C(CCSC)NC(=O)OC(C)(C)C)C(C(=O)NCc1ccccc1)c1ccc(CC)cc1. The minimum atomic E-state index is -0.838. The molecular weight excluding hydrogens is 558 g/mol. The maximum atomic E-state index is 14.4. The Hall–Kier alpha value is -3.00. The van der Waals surface area contributed by atoms with Gasteiger partial charge in [0.25, 0.3) is 0 Å². The predicted octanol–water partition coefficient (Wildman–Crippen LogP) is 7.44. The van der Waals surface area contributed by atoms with E-state index in [1.54, 1.807) is 37.4 Å². The Morgan fingerprint density at radius 3 is 2.14 bits per heavy atom. The molecule has 0 bridgehead atoms.